The second kappa shape index (κ2) is 9.06. The zero-order valence-electron chi connectivity index (χ0n) is 17.4. The van der Waals surface area contributed by atoms with E-state index in [-0.39, 0.29) is 5.91 Å². The van der Waals surface area contributed by atoms with Gasteiger partial charge in [0.2, 0.25) is 0 Å². The molecule has 0 spiro atoms. The van der Waals surface area contributed by atoms with E-state index in [1.807, 2.05) is 25.1 Å². The van der Waals surface area contributed by atoms with Gasteiger partial charge in [-0.2, -0.15) is 0 Å². The summed E-state index contributed by atoms with van der Waals surface area (Å²) in [5, 5.41) is 3.28. The average molecular weight is 382 g/mol. The number of nitrogens with one attached hydrogen (secondary N) is 1. The number of aryl methyl sites for hydroxylation is 1. The molecule has 2 aromatic rings. The number of hydrogen-bond donors (Lipinski definition) is 1. The summed E-state index contributed by atoms with van der Waals surface area (Å²) >= 11 is 0. The fourth-order valence-electron chi connectivity index (χ4n) is 3.48. The van der Waals surface area contributed by atoms with Crippen LogP contribution in [0.2, 0.25) is 0 Å². The number of rotatable bonds is 6. The predicted octanol–water partition coefficient (Wildman–Crippen LogP) is 2.63. The number of aromatic nitrogens is 1. The van der Waals surface area contributed by atoms with Gasteiger partial charge in [0.15, 0.2) is 0 Å². The highest BCUT2D eigenvalue weighted by atomic mass is 16.2. The van der Waals surface area contributed by atoms with E-state index in [4.69, 9.17) is 0 Å². The van der Waals surface area contributed by atoms with Gasteiger partial charge in [-0.05, 0) is 57.3 Å². The number of piperazine rings is 1. The van der Waals surface area contributed by atoms with E-state index < -0.39 is 0 Å². The molecule has 150 valence electrons. The third-order valence-corrected chi connectivity index (χ3v) is 5.36. The highest BCUT2D eigenvalue weighted by Gasteiger charge is 2.23. The maximum atomic E-state index is 12.9. The Bertz CT molecular complexity index is 812. The molecule has 1 saturated heterocycles. The monoisotopic (exact) mass is 381 g/mol. The number of amides is 1. The quantitative estimate of drug-likeness (QED) is 0.834. The van der Waals surface area contributed by atoms with Crippen LogP contribution in [0.1, 0.15) is 21.5 Å². The third kappa shape index (κ3) is 4.81. The van der Waals surface area contributed by atoms with Gasteiger partial charge in [-0.25, -0.2) is 4.98 Å². The van der Waals surface area contributed by atoms with Crippen LogP contribution in [0, 0.1) is 13.8 Å². The van der Waals surface area contributed by atoms with Gasteiger partial charge in [0.25, 0.3) is 5.91 Å². The van der Waals surface area contributed by atoms with Gasteiger partial charge in [0, 0.05) is 56.7 Å². The van der Waals surface area contributed by atoms with E-state index >= 15 is 0 Å². The molecule has 0 bridgehead atoms. The van der Waals surface area contributed by atoms with E-state index in [0.29, 0.717) is 5.56 Å². The number of benzene rings is 1. The van der Waals surface area contributed by atoms with Crippen LogP contribution in [0.5, 0.6) is 0 Å². The summed E-state index contributed by atoms with van der Waals surface area (Å²) in [6, 6.07) is 10.1. The minimum atomic E-state index is 0.0821. The smallest absolute Gasteiger partial charge is 0.254 e. The molecule has 0 unspecified atom stereocenters. The van der Waals surface area contributed by atoms with Gasteiger partial charge in [0.1, 0.15) is 5.82 Å². The van der Waals surface area contributed by atoms with Crippen molar-refractivity contribution in [3.05, 3.63) is 53.2 Å². The molecule has 1 aliphatic heterocycles. The Morgan fingerprint density at radius 1 is 1.14 bits per heavy atom. The van der Waals surface area contributed by atoms with Gasteiger partial charge in [-0.3, -0.25) is 4.79 Å². The second-order valence-electron chi connectivity index (χ2n) is 7.66. The molecule has 1 aromatic carbocycles. The average Bonchev–Trinajstić information content (AvgIpc) is 2.70. The number of nitrogens with zero attached hydrogens (tertiary/aromatic N) is 4. The lowest BCUT2D eigenvalue weighted by Crippen LogP contribution is -2.49. The Labute approximate surface area is 168 Å². The first-order valence-electron chi connectivity index (χ1n) is 9.91. The van der Waals surface area contributed by atoms with Gasteiger partial charge in [0.05, 0.1) is 0 Å². The molecule has 6 nitrogen and oxygen atoms in total. The van der Waals surface area contributed by atoms with Crippen molar-refractivity contribution in [2.45, 2.75) is 13.8 Å². The van der Waals surface area contributed by atoms with Crippen LogP contribution < -0.4 is 10.2 Å². The summed E-state index contributed by atoms with van der Waals surface area (Å²) in [7, 11) is 4.07. The molecule has 0 radical (unpaired) electrons. The Morgan fingerprint density at radius 3 is 2.61 bits per heavy atom. The number of hydrogen-bond acceptors (Lipinski definition) is 5. The van der Waals surface area contributed by atoms with Crippen molar-refractivity contribution in [1.82, 2.24) is 14.8 Å². The van der Waals surface area contributed by atoms with E-state index in [9.17, 15) is 4.79 Å². The normalized spacial score (nSPS) is 14.5. The largest absolute Gasteiger partial charge is 0.369 e. The van der Waals surface area contributed by atoms with E-state index in [2.05, 4.69) is 52.1 Å². The van der Waals surface area contributed by atoms with Gasteiger partial charge in [-0.15, -0.1) is 0 Å². The van der Waals surface area contributed by atoms with Crippen LogP contribution in [-0.4, -0.2) is 74.1 Å². The third-order valence-electron chi connectivity index (χ3n) is 5.36. The topological polar surface area (TPSA) is 51.7 Å². The van der Waals surface area contributed by atoms with E-state index in [0.717, 1.165) is 45.1 Å². The first kappa shape index (κ1) is 20.1. The summed E-state index contributed by atoms with van der Waals surface area (Å²) in [4.78, 5) is 23.7. The molecule has 28 heavy (non-hydrogen) atoms. The van der Waals surface area contributed by atoms with Crippen LogP contribution in [0.4, 0.5) is 11.5 Å². The zero-order valence-corrected chi connectivity index (χ0v) is 17.4. The number of likely N-dealkylation sites (N-methyl/N-ethyl adjacent to an activating group) is 1. The van der Waals surface area contributed by atoms with Crippen molar-refractivity contribution in [1.29, 1.82) is 0 Å². The Hall–Kier alpha value is -2.60. The van der Waals surface area contributed by atoms with Crippen LogP contribution >= 0.6 is 0 Å². The lowest BCUT2D eigenvalue weighted by atomic mass is 10.1. The van der Waals surface area contributed by atoms with Crippen molar-refractivity contribution in [2.75, 3.05) is 63.6 Å². The fourth-order valence-corrected chi connectivity index (χ4v) is 3.48. The highest BCUT2D eigenvalue weighted by Crippen LogP contribution is 2.24. The first-order valence-corrected chi connectivity index (χ1v) is 9.91. The molecular weight excluding hydrogens is 350 g/mol. The van der Waals surface area contributed by atoms with Crippen molar-refractivity contribution in [3.63, 3.8) is 0 Å². The number of carbonyl (C=O) groups is 1. The first-order chi connectivity index (χ1) is 13.5. The van der Waals surface area contributed by atoms with Gasteiger partial charge < -0.3 is 20.0 Å². The molecule has 1 aromatic heterocycles. The lowest BCUT2D eigenvalue weighted by molar-refractivity contribution is 0.0746. The molecule has 3 rings (SSSR count). The molecule has 1 amide bonds. The Morgan fingerprint density at radius 2 is 1.89 bits per heavy atom. The molecule has 6 heteroatoms. The molecule has 0 saturated carbocycles. The van der Waals surface area contributed by atoms with Crippen LogP contribution in [0.25, 0.3) is 0 Å². The minimum absolute atomic E-state index is 0.0821. The van der Waals surface area contributed by atoms with Gasteiger partial charge >= 0.3 is 0 Å². The van der Waals surface area contributed by atoms with Crippen molar-refractivity contribution >= 4 is 17.4 Å². The standard InChI is InChI=1S/C22H31N5O/c1-17-6-5-7-20(18(17)2)26-12-14-27(15-13-26)22(28)19-8-9-23-21(16-19)24-10-11-25(3)4/h5-9,16H,10-15H2,1-4H3,(H,23,24). The summed E-state index contributed by atoms with van der Waals surface area (Å²) in [5.41, 5.74) is 4.61. The summed E-state index contributed by atoms with van der Waals surface area (Å²) in [5.74, 6) is 0.834. The van der Waals surface area contributed by atoms with E-state index in [1.165, 1.54) is 16.8 Å². The molecule has 0 aliphatic carbocycles. The van der Waals surface area contributed by atoms with E-state index in [1.54, 1.807) is 12.3 Å². The number of pyridine rings is 1. The summed E-state index contributed by atoms with van der Waals surface area (Å²) < 4.78 is 0. The molecule has 0 atom stereocenters. The Kier molecular flexibility index (Phi) is 6.52. The number of carbonyl (C=O) groups excluding carboxylic acids is 1. The van der Waals surface area contributed by atoms with Crippen LogP contribution in [0.3, 0.4) is 0 Å². The lowest BCUT2D eigenvalue weighted by Gasteiger charge is -2.37. The fraction of sp³-hybridized carbons (Fsp3) is 0.455. The maximum absolute atomic E-state index is 12.9. The summed E-state index contributed by atoms with van der Waals surface area (Å²) in [6.45, 7) is 9.21. The van der Waals surface area contributed by atoms with Gasteiger partial charge in [-0.1, -0.05) is 12.1 Å². The molecule has 1 aliphatic rings. The van der Waals surface area contributed by atoms with Crippen LogP contribution in [0.15, 0.2) is 36.5 Å². The Balaban J connectivity index is 1.60. The van der Waals surface area contributed by atoms with Crippen LogP contribution in [-0.2, 0) is 0 Å². The van der Waals surface area contributed by atoms with Crippen molar-refractivity contribution < 1.29 is 4.79 Å². The minimum Gasteiger partial charge on any atom is -0.369 e. The highest BCUT2D eigenvalue weighted by molar-refractivity contribution is 5.95. The summed E-state index contributed by atoms with van der Waals surface area (Å²) in [6.07, 6.45) is 1.71. The maximum Gasteiger partial charge on any atom is 0.254 e. The zero-order chi connectivity index (χ0) is 20.1. The number of anilines is 2. The molecule has 2 heterocycles. The molecular formula is C22H31N5O. The molecule has 1 fully saturated rings. The predicted molar refractivity (Wildman–Crippen MR) is 115 cm³/mol. The van der Waals surface area contributed by atoms with Crippen molar-refractivity contribution in [3.8, 4) is 0 Å². The molecule has 1 N–H and O–H groups in total. The van der Waals surface area contributed by atoms with Crippen molar-refractivity contribution in [2.24, 2.45) is 0 Å². The SMILES string of the molecule is Cc1cccc(N2CCN(C(=O)c3ccnc(NCCN(C)C)c3)CC2)c1C. The second-order valence-corrected chi connectivity index (χ2v) is 7.66.